The molecule has 0 aliphatic heterocycles. The van der Waals surface area contributed by atoms with Crippen molar-refractivity contribution >= 4 is 27.9 Å². The molecule has 0 bridgehead atoms. The van der Waals surface area contributed by atoms with Gasteiger partial charge in [0.25, 0.3) is 0 Å². The first kappa shape index (κ1) is 8.42. The predicted octanol–water partition coefficient (Wildman–Crippen LogP) is -2.36. The van der Waals surface area contributed by atoms with Crippen molar-refractivity contribution in [3.05, 3.63) is 0 Å². The van der Waals surface area contributed by atoms with Crippen LogP contribution in [-0.4, -0.2) is 16.8 Å². The van der Waals surface area contributed by atoms with Crippen molar-refractivity contribution in [2.75, 3.05) is 0 Å². The van der Waals surface area contributed by atoms with E-state index in [9.17, 15) is 19.8 Å². The van der Waals surface area contributed by atoms with Gasteiger partial charge in [-0.15, -0.1) is 0 Å². The van der Waals surface area contributed by atoms with E-state index < -0.39 is 23.2 Å². The lowest BCUT2D eigenvalue weighted by Gasteiger charge is -2.09. The van der Waals surface area contributed by atoms with Crippen LogP contribution in [0.3, 0.4) is 0 Å². The number of hydrogen-bond acceptors (Lipinski definition) is 4. The minimum absolute atomic E-state index is 0.567. The summed E-state index contributed by atoms with van der Waals surface area (Å²) < 4.78 is 0. The molecule has 0 rings (SSSR count). The third-order valence-electron chi connectivity index (χ3n) is 0.602. The second kappa shape index (κ2) is 3.45. The molecule has 0 aliphatic rings. The van der Waals surface area contributed by atoms with Crippen LogP contribution < -0.4 is 10.2 Å². The van der Waals surface area contributed by atoms with E-state index in [0.29, 0.717) is 0 Å². The summed E-state index contributed by atoms with van der Waals surface area (Å²) in [6.45, 7) is 0. The van der Waals surface area contributed by atoms with Crippen molar-refractivity contribution in [3.8, 4) is 0 Å². The van der Waals surface area contributed by atoms with E-state index in [1.165, 1.54) is 0 Å². The zero-order valence-corrected chi connectivity index (χ0v) is 5.88. The van der Waals surface area contributed by atoms with Crippen molar-refractivity contribution in [1.29, 1.82) is 0 Å². The molecule has 0 amide bonds. The minimum Gasteiger partial charge on any atom is -0.550 e. The molecule has 0 aromatic carbocycles. The summed E-state index contributed by atoms with van der Waals surface area (Å²) in [4.78, 5) is 18.3. The Morgan fingerprint density at radius 2 is 1.89 bits per heavy atom. The highest BCUT2D eigenvalue weighted by atomic mass is 79.9. The topological polar surface area (TPSA) is 80.3 Å². The van der Waals surface area contributed by atoms with Gasteiger partial charge in [-0.1, -0.05) is 15.9 Å². The van der Waals surface area contributed by atoms with Crippen LogP contribution in [0.25, 0.3) is 0 Å². The smallest absolute Gasteiger partial charge is 0.0593 e. The predicted molar refractivity (Wildman–Crippen MR) is 27.3 cm³/mol. The quantitative estimate of drug-likeness (QED) is 0.471. The molecular formula is C4H3BrO4-2. The highest BCUT2D eigenvalue weighted by molar-refractivity contribution is 9.10. The van der Waals surface area contributed by atoms with Gasteiger partial charge < -0.3 is 19.8 Å². The Morgan fingerprint density at radius 3 is 2.00 bits per heavy atom. The van der Waals surface area contributed by atoms with E-state index >= 15 is 0 Å². The van der Waals surface area contributed by atoms with E-state index in [1.807, 2.05) is 0 Å². The van der Waals surface area contributed by atoms with E-state index in [0.717, 1.165) is 0 Å². The Balaban J connectivity index is 3.63. The number of halogens is 1. The van der Waals surface area contributed by atoms with Crippen LogP contribution in [0.1, 0.15) is 6.42 Å². The van der Waals surface area contributed by atoms with Gasteiger partial charge in [0.05, 0.1) is 10.8 Å². The minimum atomic E-state index is -1.45. The molecule has 5 heteroatoms. The molecule has 0 fully saturated rings. The monoisotopic (exact) mass is 194 g/mol. The molecule has 0 saturated heterocycles. The van der Waals surface area contributed by atoms with Gasteiger partial charge in [0.15, 0.2) is 0 Å². The van der Waals surface area contributed by atoms with Gasteiger partial charge in [0, 0.05) is 12.4 Å². The molecule has 9 heavy (non-hydrogen) atoms. The number of rotatable bonds is 3. The summed E-state index contributed by atoms with van der Waals surface area (Å²) in [5.41, 5.74) is 0. The van der Waals surface area contributed by atoms with Crippen molar-refractivity contribution in [1.82, 2.24) is 0 Å². The summed E-state index contributed by atoms with van der Waals surface area (Å²) in [7, 11) is 0. The molecule has 4 nitrogen and oxygen atoms in total. The Hall–Kier alpha value is -0.580. The maximum absolute atomic E-state index is 9.79. The molecule has 0 radical (unpaired) electrons. The Labute approximate surface area is 59.6 Å². The molecule has 52 valence electrons. The average molecular weight is 195 g/mol. The van der Waals surface area contributed by atoms with Crippen LogP contribution >= 0.6 is 15.9 Å². The van der Waals surface area contributed by atoms with E-state index in [1.54, 1.807) is 0 Å². The highest BCUT2D eigenvalue weighted by Gasteiger charge is 2.03. The standard InChI is InChI=1S/C4H5BrO4/c5-2(4(8)9)1-3(6)7/h2H,1H2,(H,6,7)(H,8,9)/p-2/t2-/m0/s1. The first-order valence-corrected chi connectivity index (χ1v) is 3.00. The summed E-state index contributed by atoms with van der Waals surface area (Å²) in [5.74, 6) is -2.86. The summed E-state index contributed by atoms with van der Waals surface area (Å²) >= 11 is 2.56. The van der Waals surface area contributed by atoms with Crippen LogP contribution in [0, 0.1) is 0 Å². The van der Waals surface area contributed by atoms with Crippen molar-refractivity contribution < 1.29 is 19.8 Å². The number of carboxylic acid groups (broad SMARTS) is 2. The first-order chi connectivity index (χ1) is 4.04. The molecule has 0 saturated carbocycles. The second-order valence-electron chi connectivity index (χ2n) is 1.36. The molecule has 0 heterocycles. The second-order valence-corrected chi connectivity index (χ2v) is 2.47. The van der Waals surface area contributed by atoms with Gasteiger partial charge >= 0.3 is 0 Å². The van der Waals surface area contributed by atoms with E-state index in [-0.39, 0.29) is 0 Å². The van der Waals surface area contributed by atoms with Crippen LogP contribution in [0.2, 0.25) is 0 Å². The molecule has 0 spiro atoms. The molecule has 1 atom stereocenters. The number of carbonyl (C=O) groups excluding carboxylic acids is 2. The highest BCUT2D eigenvalue weighted by Crippen LogP contribution is 2.01. The van der Waals surface area contributed by atoms with Gasteiger partial charge in [-0.05, 0) is 0 Å². The van der Waals surface area contributed by atoms with Crippen LogP contribution in [0.15, 0.2) is 0 Å². The maximum atomic E-state index is 9.79. The van der Waals surface area contributed by atoms with Gasteiger partial charge in [-0.3, -0.25) is 0 Å². The van der Waals surface area contributed by atoms with Crippen molar-refractivity contribution in [2.45, 2.75) is 11.2 Å². The molecule has 0 unspecified atom stereocenters. The third kappa shape index (κ3) is 3.96. The number of aliphatic carboxylic acids is 2. The lowest BCUT2D eigenvalue weighted by molar-refractivity contribution is -0.314. The normalized spacial score (nSPS) is 12.6. The third-order valence-corrected chi connectivity index (χ3v) is 1.30. The average Bonchev–Trinajstić information content (AvgIpc) is 1.63. The molecule has 0 aromatic rings. The summed E-state index contributed by atoms with van der Waals surface area (Å²) in [6.07, 6.45) is -0.567. The van der Waals surface area contributed by atoms with E-state index in [4.69, 9.17) is 0 Å². The number of alkyl halides is 1. The van der Waals surface area contributed by atoms with Gasteiger partial charge in [-0.25, -0.2) is 0 Å². The lowest BCUT2D eigenvalue weighted by Crippen LogP contribution is -2.36. The zero-order valence-electron chi connectivity index (χ0n) is 4.30. The Kier molecular flexibility index (Phi) is 3.22. The fraction of sp³-hybridized carbons (Fsp3) is 0.500. The van der Waals surface area contributed by atoms with Gasteiger partial charge in [-0.2, -0.15) is 0 Å². The van der Waals surface area contributed by atoms with Gasteiger partial charge in [0.1, 0.15) is 0 Å². The molecular weight excluding hydrogens is 192 g/mol. The van der Waals surface area contributed by atoms with E-state index in [2.05, 4.69) is 15.9 Å². The molecule has 0 aromatic heterocycles. The van der Waals surface area contributed by atoms with Crippen molar-refractivity contribution in [2.24, 2.45) is 0 Å². The SMILES string of the molecule is O=C([O-])C[C@H](Br)C(=O)[O-]. The first-order valence-electron chi connectivity index (χ1n) is 2.09. The van der Waals surface area contributed by atoms with Gasteiger partial charge in [0.2, 0.25) is 0 Å². The Bertz CT molecular complexity index is 133. The molecule has 0 N–H and O–H groups in total. The zero-order chi connectivity index (χ0) is 7.44. The van der Waals surface area contributed by atoms with Crippen molar-refractivity contribution in [3.63, 3.8) is 0 Å². The number of hydrogen-bond donors (Lipinski definition) is 0. The van der Waals surface area contributed by atoms with Crippen LogP contribution in [0.5, 0.6) is 0 Å². The lowest BCUT2D eigenvalue weighted by atomic mass is 10.3. The fourth-order valence-electron chi connectivity index (χ4n) is 0.230. The maximum Gasteiger partial charge on any atom is 0.0593 e. The number of carboxylic acids is 2. The molecule has 0 aliphatic carbocycles. The fourth-order valence-corrected chi connectivity index (χ4v) is 0.494. The van der Waals surface area contributed by atoms with Crippen LogP contribution in [0.4, 0.5) is 0 Å². The summed E-state index contributed by atoms with van der Waals surface area (Å²) in [5, 5.41) is 19.5. The largest absolute Gasteiger partial charge is 0.550 e. The summed E-state index contributed by atoms with van der Waals surface area (Å²) in [6, 6.07) is 0. The Morgan fingerprint density at radius 1 is 1.44 bits per heavy atom. The number of carbonyl (C=O) groups is 2. The van der Waals surface area contributed by atoms with Crippen LogP contribution in [-0.2, 0) is 9.59 Å².